The SMILES string of the molecule is CCC(c1ccc(C)cc1)(c1ccc(O)c(-c2ccccc2)c1)c1ccc(O)c(-c2ccccc2)c1. The molecule has 36 heavy (non-hydrogen) atoms. The molecule has 2 nitrogen and oxygen atoms in total. The molecule has 0 aliphatic rings. The lowest BCUT2D eigenvalue weighted by Crippen LogP contribution is -2.28. The van der Waals surface area contributed by atoms with Gasteiger partial charge in [-0.3, -0.25) is 0 Å². The number of phenols is 2. The van der Waals surface area contributed by atoms with Crippen LogP contribution in [0.25, 0.3) is 22.3 Å². The van der Waals surface area contributed by atoms with Gasteiger partial charge in [0.15, 0.2) is 0 Å². The molecular weight excluding hydrogens is 440 g/mol. The Morgan fingerprint density at radius 2 is 0.944 bits per heavy atom. The zero-order chi connectivity index (χ0) is 25.1. The highest BCUT2D eigenvalue weighted by molar-refractivity contribution is 5.74. The van der Waals surface area contributed by atoms with E-state index in [-0.39, 0.29) is 11.5 Å². The Bertz CT molecular complexity index is 1380. The van der Waals surface area contributed by atoms with Gasteiger partial charge >= 0.3 is 0 Å². The maximum absolute atomic E-state index is 10.8. The molecule has 0 saturated heterocycles. The molecule has 2 N–H and O–H groups in total. The molecule has 0 heterocycles. The summed E-state index contributed by atoms with van der Waals surface area (Å²) in [7, 11) is 0. The molecule has 0 saturated carbocycles. The first kappa shape index (κ1) is 23.4. The summed E-state index contributed by atoms with van der Waals surface area (Å²) in [6.45, 7) is 4.30. The summed E-state index contributed by atoms with van der Waals surface area (Å²) < 4.78 is 0. The first-order valence-electron chi connectivity index (χ1n) is 12.4. The highest BCUT2D eigenvalue weighted by Crippen LogP contribution is 2.46. The molecule has 0 radical (unpaired) electrons. The Morgan fingerprint density at radius 3 is 1.36 bits per heavy atom. The third-order valence-electron chi connectivity index (χ3n) is 7.22. The van der Waals surface area contributed by atoms with E-state index < -0.39 is 5.41 Å². The number of phenolic OH excluding ortho intramolecular Hbond substituents is 2. The van der Waals surface area contributed by atoms with Crippen LogP contribution in [0.15, 0.2) is 121 Å². The lowest BCUT2D eigenvalue weighted by atomic mass is 9.67. The summed E-state index contributed by atoms with van der Waals surface area (Å²) in [5.74, 6) is 0.518. The lowest BCUT2D eigenvalue weighted by molar-refractivity contribution is 0.475. The van der Waals surface area contributed by atoms with Crippen molar-refractivity contribution in [2.45, 2.75) is 25.7 Å². The summed E-state index contributed by atoms with van der Waals surface area (Å²) in [6, 6.07) is 40.6. The fourth-order valence-electron chi connectivity index (χ4n) is 5.25. The van der Waals surface area contributed by atoms with Gasteiger partial charge in [-0.15, -0.1) is 0 Å². The molecular formula is C34H30O2. The van der Waals surface area contributed by atoms with Crippen molar-refractivity contribution >= 4 is 0 Å². The van der Waals surface area contributed by atoms with Crippen molar-refractivity contribution < 1.29 is 10.2 Å². The molecule has 0 spiro atoms. The summed E-state index contributed by atoms with van der Waals surface area (Å²) in [6.07, 6.45) is 0.800. The maximum Gasteiger partial charge on any atom is 0.123 e. The molecule has 0 aliphatic carbocycles. The van der Waals surface area contributed by atoms with E-state index in [1.54, 1.807) is 12.1 Å². The average molecular weight is 471 g/mol. The highest BCUT2D eigenvalue weighted by atomic mass is 16.3. The van der Waals surface area contributed by atoms with Crippen molar-refractivity contribution in [2.75, 3.05) is 0 Å². The summed E-state index contributed by atoms with van der Waals surface area (Å²) in [5.41, 5.74) is 7.64. The van der Waals surface area contributed by atoms with Crippen LogP contribution in [0.2, 0.25) is 0 Å². The van der Waals surface area contributed by atoms with E-state index in [2.05, 4.69) is 50.2 Å². The van der Waals surface area contributed by atoms with Crippen LogP contribution in [0.5, 0.6) is 11.5 Å². The van der Waals surface area contributed by atoms with Gasteiger partial charge in [-0.05, 0) is 65.4 Å². The minimum Gasteiger partial charge on any atom is -0.507 e. The Labute approximate surface area is 213 Å². The van der Waals surface area contributed by atoms with E-state index in [1.807, 2.05) is 72.8 Å². The standard InChI is InChI=1S/C34H30O2/c1-3-34(27-16-14-24(2)15-17-27,28-18-20-32(35)30(22-28)25-10-6-4-7-11-25)29-19-21-33(36)31(23-29)26-12-8-5-9-13-26/h4-23,35-36H,3H2,1-2H3. The molecule has 0 aromatic heterocycles. The van der Waals surface area contributed by atoms with Gasteiger partial charge in [-0.1, -0.05) is 110 Å². The van der Waals surface area contributed by atoms with Gasteiger partial charge in [-0.25, -0.2) is 0 Å². The van der Waals surface area contributed by atoms with Crippen molar-refractivity contribution in [3.63, 3.8) is 0 Å². The second-order valence-corrected chi connectivity index (χ2v) is 9.32. The molecule has 0 atom stereocenters. The van der Waals surface area contributed by atoms with Gasteiger partial charge < -0.3 is 10.2 Å². The normalized spacial score (nSPS) is 11.4. The summed E-state index contributed by atoms with van der Waals surface area (Å²) >= 11 is 0. The monoisotopic (exact) mass is 470 g/mol. The predicted molar refractivity (Wildman–Crippen MR) is 148 cm³/mol. The molecule has 0 bridgehead atoms. The van der Waals surface area contributed by atoms with Gasteiger partial charge in [0, 0.05) is 16.5 Å². The lowest BCUT2D eigenvalue weighted by Gasteiger charge is -2.36. The zero-order valence-corrected chi connectivity index (χ0v) is 20.6. The molecule has 0 amide bonds. The van der Waals surface area contributed by atoms with Gasteiger partial charge in [0.2, 0.25) is 0 Å². The third-order valence-corrected chi connectivity index (χ3v) is 7.22. The molecule has 0 fully saturated rings. The van der Waals surface area contributed by atoms with Crippen LogP contribution in [-0.2, 0) is 5.41 Å². The van der Waals surface area contributed by atoms with Crippen molar-refractivity contribution in [1.29, 1.82) is 0 Å². The molecule has 0 aliphatic heterocycles. The third kappa shape index (κ3) is 4.16. The minimum absolute atomic E-state index is 0.259. The number of aromatic hydroxyl groups is 2. The van der Waals surface area contributed by atoms with Gasteiger partial charge in [0.25, 0.3) is 0 Å². The topological polar surface area (TPSA) is 40.5 Å². The van der Waals surface area contributed by atoms with Crippen LogP contribution in [0.3, 0.4) is 0 Å². The Balaban J connectivity index is 1.79. The van der Waals surface area contributed by atoms with Crippen molar-refractivity contribution in [3.8, 4) is 33.8 Å². The maximum atomic E-state index is 10.8. The van der Waals surface area contributed by atoms with Crippen LogP contribution in [0, 0.1) is 6.92 Å². The van der Waals surface area contributed by atoms with Crippen LogP contribution in [0.4, 0.5) is 0 Å². The fraction of sp³-hybridized carbons (Fsp3) is 0.118. The fourth-order valence-corrected chi connectivity index (χ4v) is 5.25. The first-order chi connectivity index (χ1) is 17.5. The molecule has 2 heteroatoms. The van der Waals surface area contributed by atoms with E-state index in [4.69, 9.17) is 0 Å². The van der Waals surface area contributed by atoms with Crippen molar-refractivity contribution in [2.24, 2.45) is 0 Å². The van der Waals surface area contributed by atoms with E-state index in [9.17, 15) is 10.2 Å². The number of rotatable bonds is 6. The molecule has 5 aromatic rings. The Morgan fingerprint density at radius 1 is 0.528 bits per heavy atom. The Kier molecular flexibility index (Phi) is 6.35. The van der Waals surface area contributed by atoms with E-state index in [1.165, 1.54) is 11.1 Å². The Hall–Kier alpha value is -4.30. The predicted octanol–water partition coefficient (Wildman–Crippen LogP) is 8.48. The van der Waals surface area contributed by atoms with Crippen molar-refractivity contribution in [1.82, 2.24) is 0 Å². The minimum atomic E-state index is -0.484. The molecule has 178 valence electrons. The van der Waals surface area contributed by atoms with Crippen LogP contribution < -0.4 is 0 Å². The van der Waals surface area contributed by atoms with Gasteiger partial charge in [0.1, 0.15) is 11.5 Å². The van der Waals surface area contributed by atoms with Crippen LogP contribution >= 0.6 is 0 Å². The zero-order valence-electron chi connectivity index (χ0n) is 20.6. The average Bonchev–Trinajstić information content (AvgIpc) is 2.92. The highest BCUT2D eigenvalue weighted by Gasteiger charge is 2.36. The largest absolute Gasteiger partial charge is 0.507 e. The first-order valence-corrected chi connectivity index (χ1v) is 12.4. The van der Waals surface area contributed by atoms with E-state index in [0.717, 1.165) is 39.8 Å². The van der Waals surface area contributed by atoms with Crippen LogP contribution in [-0.4, -0.2) is 10.2 Å². The summed E-state index contributed by atoms with van der Waals surface area (Å²) in [5, 5.41) is 21.6. The van der Waals surface area contributed by atoms with Crippen molar-refractivity contribution in [3.05, 3.63) is 144 Å². The summed E-state index contributed by atoms with van der Waals surface area (Å²) in [4.78, 5) is 0. The molecule has 5 aromatic carbocycles. The molecule has 5 rings (SSSR count). The smallest absolute Gasteiger partial charge is 0.123 e. The number of hydrogen-bond donors (Lipinski definition) is 2. The quantitative estimate of drug-likeness (QED) is 0.244. The molecule has 0 unspecified atom stereocenters. The number of benzene rings is 5. The second-order valence-electron chi connectivity index (χ2n) is 9.32. The second kappa shape index (κ2) is 9.75. The van der Waals surface area contributed by atoms with Gasteiger partial charge in [0.05, 0.1) is 0 Å². The van der Waals surface area contributed by atoms with E-state index in [0.29, 0.717) is 0 Å². The number of hydrogen-bond acceptors (Lipinski definition) is 2. The van der Waals surface area contributed by atoms with Gasteiger partial charge in [-0.2, -0.15) is 0 Å². The van der Waals surface area contributed by atoms with Crippen LogP contribution in [0.1, 0.15) is 35.6 Å². The van der Waals surface area contributed by atoms with E-state index >= 15 is 0 Å². The number of aryl methyl sites for hydroxylation is 1.